The second-order valence-electron chi connectivity index (χ2n) is 11.2. The number of anilines is 1. The molecule has 212 valence electrons. The van der Waals surface area contributed by atoms with E-state index >= 15 is 4.39 Å². The molecule has 2 aliphatic heterocycles. The number of ether oxygens (including phenoxy) is 2. The lowest BCUT2D eigenvalue weighted by atomic mass is 9.94. The van der Waals surface area contributed by atoms with E-state index in [0.717, 1.165) is 41.8 Å². The minimum atomic E-state index is -0.503. The molecule has 4 aromatic rings. The summed E-state index contributed by atoms with van der Waals surface area (Å²) in [5, 5.41) is 12.6. The largest absolute Gasteiger partial charge is 0.461 e. The molecule has 2 aromatic heterocycles. The van der Waals surface area contributed by atoms with Crippen LogP contribution in [0.1, 0.15) is 25.1 Å². The number of halogens is 2. The van der Waals surface area contributed by atoms with Crippen LogP contribution in [-0.2, 0) is 4.74 Å². The Morgan fingerprint density at radius 3 is 2.80 bits per heavy atom. The van der Waals surface area contributed by atoms with Crippen LogP contribution in [-0.4, -0.2) is 89.7 Å². The third kappa shape index (κ3) is 4.87. The predicted octanol–water partition coefficient (Wildman–Crippen LogP) is 4.48. The summed E-state index contributed by atoms with van der Waals surface area (Å²) >= 11 is 6.92. The summed E-state index contributed by atoms with van der Waals surface area (Å²) < 4.78 is 28.7. The molecule has 0 aliphatic carbocycles. The second-order valence-corrected chi connectivity index (χ2v) is 11.6. The van der Waals surface area contributed by atoms with Crippen molar-refractivity contribution in [1.82, 2.24) is 30.4 Å². The maximum absolute atomic E-state index is 16.8. The van der Waals surface area contributed by atoms with Crippen molar-refractivity contribution in [3.8, 4) is 17.1 Å². The van der Waals surface area contributed by atoms with Crippen LogP contribution < -0.4 is 15.0 Å². The fraction of sp³-hybridized carbons (Fsp3) is 0.483. The van der Waals surface area contributed by atoms with Gasteiger partial charge >= 0.3 is 6.01 Å². The molecule has 0 amide bonds. The van der Waals surface area contributed by atoms with Gasteiger partial charge in [-0.05, 0) is 52.4 Å². The Hall–Kier alpha value is -3.05. The van der Waals surface area contributed by atoms with Gasteiger partial charge in [-0.1, -0.05) is 17.7 Å². The van der Waals surface area contributed by atoms with E-state index in [2.05, 4.69) is 51.2 Å². The maximum Gasteiger partial charge on any atom is 0.319 e. The molecule has 0 unspecified atom stereocenters. The van der Waals surface area contributed by atoms with Crippen molar-refractivity contribution in [2.24, 2.45) is 0 Å². The molecular formula is C29H35ClFN7O2. The number of piperazine rings is 1. The van der Waals surface area contributed by atoms with E-state index in [1.807, 2.05) is 26.0 Å². The van der Waals surface area contributed by atoms with Crippen LogP contribution in [0.4, 0.5) is 10.2 Å². The van der Waals surface area contributed by atoms with E-state index in [-0.39, 0.29) is 36.3 Å². The molecule has 2 aromatic carbocycles. The number of aromatic nitrogens is 4. The van der Waals surface area contributed by atoms with Crippen LogP contribution in [0.25, 0.3) is 32.9 Å². The third-order valence-electron chi connectivity index (χ3n) is 7.98. The average molecular weight is 568 g/mol. The first-order valence-electron chi connectivity index (χ1n) is 13.8. The summed E-state index contributed by atoms with van der Waals surface area (Å²) in [5.41, 5.74) is 3.68. The van der Waals surface area contributed by atoms with Gasteiger partial charge in [-0.25, -0.2) is 4.39 Å². The number of fused-ring (bicyclic) bond motifs is 2. The number of morpholine rings is 1. The van der Waals surface area contributed by atoms with Crippen molar-refractivity contribution in [2.45, 2.75) is 45.9 Å². The molecule has 40 heavy (non-hydrogen) atoms. The number of aryl methyl sites for hydroxylation is 2. The first kappa shape index (κ1) is 27.1. The van der Waals surface area contributed by atoms with Gasteiger partial charge in [-0.2, -0.15) is 15.1 Å². The topological polar surface area (TPSA) is 91.4 Å². The summed E-state index contributed by atoms with van der Waals surface area (Å²) in [4.78, 5) is 13.8. The molecule has 0 saturated carbocycles. The molecule has 0 bridgehead atoms. The lowest BCUT2D eigenvalue weighted by Crippen LogP contribution is -2.54. The summed E-state index contributed by atoms with van der Waals surface area (Å²) in [7, 11) is 2.05. The van der Waals surface area contributed by atoms with Crippen molar-refractivity contribution in [3.63, 3.8) is 0 Å². The number of aromatic amines is 1. The molecular weight excluding hydrogens is 533 g/mol. The van der Waals surface area contributed by atoms with Crippen molar-refractivity contribution < 1.29 is 13.9 Å². The van der Waals surface area contributed by atoms with E-state index in [4.69, 9.17) is 26.1 Å². The first-order chi connectivity index (χ1) is 19.2. The number of nitrogens with one attached hydrogen (secondary N) is 2. The normalized spacial score (nSPS) is 22.4. The van der Waals surface area contributed by atoms with Gasteiger partial charge in [0.25, 0.3) is 0 Å². The molecule has 2 N–H and O–H groups in total. The van der Waals surface area contributed by atoms with Crippen molar-refractivity contribution in [3.05, 3.63) is 40.3 Å². The van der Waals surface area contributed by atoms with E-state index in [9.17, 15) is 0 Å². The van der Waals surface area contributed by atoms with Crippen LogP contribution >= 0.6 is 11.6 Å². The number of nitrogens with zero attached hydrogens (tertiary/aromatic N) is 5. The SMILES string of the molecule is Cc1ccc2n[nH]c(C)c2c1-c1c(Cl)cc2c(N3C[C@@H](C)NC[C@@H]3C)nc(OC[C@H]3CN(C)CCO3)nc2c1F. The Bertz CT molecular complexity index is 1580. The standard InChI is InChI=1S/C29H35ClFN7O2/c1-15-6-7-22-24(18(4)35-36-22)23(15)25-21(30)10-20-27(26(25)31)33-29(40-14-19-13-37(5)8-9-39-19)34-28(20)38-12-16(2)32-11-17(38)3/h6-7,10,16-17,19,32H,8-9,11-14H2,1-5H3,(H,35,36)/t16-,17+,19-/m1/s1. The van der Waals surface area contributed by atoms with Gasteiger partial charge in [-0.3, -0.25) is 5.10 Å². The number of hydrogen-bond acceptors (Lipinski definition) is 8. The van der Waals surface area contributed by atoms with Crippen LogP contribution in [0, 0.1) is 19.7 Å². The molecule has 4 heterocycles. The predicted molar refractivity (Wildman–Crippen MR) is 156 cm³/mol. The summed E-state index contributed by atoms with van der Waals surface area (Å²) in [6.07, 6.45) is -0.116. The van der Waals surface area contributed by atoms with Gasteiger partial charge in [0, 0.05) is 65.9 Å². The van der Waals surface area contributed by atoms with Gasteiger partial charge in [0.1, 0.15) is 24.0 Å². The van der Waals surface area contributed by atoms with E-state index < -0.39 is 5.82 Å². The zero-order valence-corrected chi connectivity index (χ0v) is 24.3. The van der Waals surface area contributed by atoms with E-state index in [1.165, 1.54) is 0 Å². The summed E-state index contributed by atoms with van der Waals surface area (Å²) in [5.74, 6) is 0.112. The Labute approximate surface area is 238 Å². The zero-order chi connectivity index (χ0) is 28.1. The quantitative estimate of drug-likeness (QED) is 0.365. The molecule has 2 aliphatic rings. The minimum absolute atomic E-state index is 0.116. The van der Waals surface area contributed by atoms with Crippen LogP contribution in [0.5, 0.6) is 6.01 Å². The smallest absolute Gasteiger partial charge is 0.319 e. The van der Waals surface area contributed by atoms with Gasteiger partial charge in [0.05, 0.1) is 17.1 Å². The lowest BCUT2D eigenvalue weighted by Gasteiger charge is -2.39. The molecule has 6 rings (SSSR count). The van der Waals surface area contributed by atoms with Gasteiger partial charge < -0.3 is 24.6 Å². The summed E-state index contributed by atoms with van der Waals surface area (Å²) in [6.45, 7) is 12.1. The van der Waals surface area contributed by atoms with E-state index in [0.29, 0.717) is 40.5 Å². The highest BCUT2D eigenvalue weighted by Gasteiger charge is 2.30. The average Bonchev–Trinajstić information content (AvgIpc) is 3.30. The summed E-state index contributed by atoms with van der Waals surface area (Å²) in [6, 6.07) is 6.14. The number of likely N-dealkylation sites (N-methyl/N-ethyl adjacent to an activating group) is 1. The Kier molecular flexibility index (Phi) is 7.28. The Morgan fingerprint density at radius 2 is 2.00 bits per heavy atom. The molecule has 9 nitrogen and oxygen atoms in total. The minimum Gasteiger partial charge on any atom is -0.461 e. The monoisotopic (exact) mass is 567 g/mol. The van der Waals surface area contributed by atoms with Gasteiger partial charge in [0.2, 0.25) is 0 Å². The number of H-pyrrole nitrogens is 1. The van der Waals surface area contributed by atoms with Crippen LogP contribution in [0.15, 0.2) is 18.2 Å². The number of hydrogen-bond donors (Lipinski definition) is 2. The van der Waals surface area contributed by atoms with E-state index in [1.54, 1.807) is 6.07 Å². The van der Waals surface area contributed by atoms with Crippen LogP contribution in [0.3, 0.4) is 0 Å². The Balaban J connectivity index is 1.52. The third-order valence-corrected chi connectivity index (χ3v) is 8.28. The second kappa shape index (κ2) is 10.7. The van der Waals surface area contributed by atoms with Crippen molar-refractivity contribution >= 4 is 39.2 Å². The first-order valence-corrected chi connectivity index (χ1v) is 14.2. The van der Waals surface area contributed by atoms with Crippen LogP contribution in [0.2, 0.25) is 5.02 Å². The molecule has 2 fully saturated rings. The molecule has 11 heteroatoms. The highest BCUT2D eigenvalue weighted by Crippen LogP contribution is 2.43. The Morgan fingerprint density at radius 1 is 1.18 bits per heavy atom. The maximum atomic E-state index is 16.8. The van der Waals surface area contributed by atoms with Crippen molar-refractivity contribution in [1.29, 1.82) is 0 Å². The molecule has 2 saturated heterocycles. The molecule has 0 radical (unpaired) electrons. The lowest BCUT2D eigenvalue weighted by molar-refractivity contribution is -0.0416. The van der Waals surface area contributed by atoms with Crippen molar-refractivity contribution in [2.75, 3.05) is 51.3 Å². The van der Waals surface area contributed by atoms with Gasteiger partial charge in [-0.15, -0.1) is 0 Å². The molecule has 0 spiro atoms. The van der Waals surface area contributed by atoms with Gasteiger partial charge in [0.15, 0.2) is 5.82 Å². The fourth-order valence-electron chi connectivity index (χ4n) is 5.82. The molecule has 3 atom stereocenters. The fourth-order valence-corrected chi connectivity index (χ4v) is 6.10. The highest BCUT2D eigenvalue weighted by atomic mass is 35.5. The number of benzene rings is 2. The number of rotatable bonds is 5. The highest BCUT2D eigenvalue weighted by molar-refractivity contribution is 6.35. The zero-order valence-electron chi connectivity index (χ0n) is 23.5.